The summed E-state index contributed by atoms with van der Waals surface area (Å²) in [7, 11) is 0. The maximum absolute atomic E-state index is 13.6. The summed E-state index contributed by atoms with van der Waals surface area (Å²) < 4.78 is 35.6. The van der Waals surface area contributed by atoms with Gasteiger partial charge in [-0.1, -0.05) is 6.07 Å². The van der Waals surface area contributed by atoms with Crippen molar-refractivity contribution in [1.82, 2.24) is 4.90 Å². The molecule has 0 radical (unpaired) electrons. The quantitative estimate of drug-likeness (QED) is 0.477. The first kappa shape index (κ1) is 28.4. The first-order valence-electron chi connectivity index (χ1n) is 11.6. The molecule has 1 heterocycles. The number of carbonyl (C=O) groups excluding carboxylic acids is 3. The molecule has 1 aromatic rings. The zero-order valence-electron chi connectivity index (χ0n) is 21.4. The normalized spacial score (nSPS) is 23.7. The lowest BCUT2D eigenvalue weighted by molar-refractivity contribution is -0.161. The number of ether oxygens (including phenoxy) is 4. The van der Waals surface area contributed by atoms with Gasteiger partial charge < -0.3 is 24.1 Å². The second-order valence-electron chi connectivity index (χ2n) is 10.5. The van der Waals surface area contributed by atoms with Gasteiger partial charge in [0.15, 0.2) is 6.10 Å². The average Bonchev–Trinajstić information content (AvgIpc) is 2.71. The van der Waals surface area contributed by atoms with Crippen LogP contribution in [0.5, 0.6) is 5.75 Å². The fourth-order valence-corrected chi connectivity index (χ4v) is 3.50. The van der Waals surface area contributed by atoms with Gasteiger partial charge in [-0.25, -0.2) is 18.8 Å². The number of rotatable bonds is 3. The highest BCUT2D eigenvalue weighted by molar-refractivity contribution is 5.94. The van der Waals surface area contributed by atoms with Gasteiger partial charge in [-0.05, 0) is 79.9 Å². The van der Waals surface area contributed by atoms with Crippen LogP contribution in [-0.4, -0.2) is 63.7 Å². The van der Waals surface area contributed by atoms with Gasteiger partial charge in [-0.15, -0.1) is 0 Å². The van der Waals surface area contributed by atoms with Crippen LogP contribution < -0.4 is 4.74 Å². The molecule has 1 aliphatic heterocycles. The third-order valence-electron chi connectivity index (χ3n) is 4.95. The highest BCUT2D eigenvalue weighted by atomic mass is 19.1. The lowest BCUT2D eigenvalue weighted by Gasteiger charge is -2.33. The summed E-state index contributed by atoms with van der Waals surface area (Å²) in [6, 6.07) is 4.04. The lowest BCUT2D eigenvalue weighted by Crippen LogP contribution is -2.53. The van der Waals surface area contributed by atoms with Gasteiger partial charge in [-0.2, -0.15) is 4.90 Å². The van der Waals surface area contributed by atoms with Crippen molar-refractivity contribution < 1.29 is 42.8 Å². The Balaban J connectivity index is 2.33. The minimum absolute atomic E-state index is 0.00772. The number of hydrogen-bond acceptors (Lipinski definition) is 8. The van der Waals surface area contributed by atoms with Gasteiger partial charge in [0.2, 0.25) is 0 Å². The van der Waals surface area contributed by atoms with Gasteiger partial charge in [0, 0.05) is 6.07 Å². The standard InChI is InChI=1S/C25H36FNO8/c1-15-20(33-17-11-8-10-16(26)14-17)19(28)13-9-12-18(21(29)32-15)27(22(30)34-24(2,3)4)23(31)35-25(5,6)7/h8,10-11,14-15,18-20,28H,9,12-13H2,1-7H3/t15-,18-,19-,20-/m0/s1. The van der Waals surface area contributed by atoms with Crippen molar-refractivity contribution in [3.63, 3.8) is 0 Å². The van der Waals surface area contributed by atoms with Crippen LogP contribution in [0.4, 0.5) is 14.0 Å². The number of carbonyl (C=O) groups is 3. The van der Waals surface area contributed by atoms with Crippen molar-refractivity contribution in [3.05, 3.63) is 30.1 Å². The molecule has 1 aliphatic rings. The van der Waals surface area contributed by atoms with E-state index in [0.717, 1.165) is 6.07 Å². The summed E-state index contributed by atoms with van der Waals surface area (Å²) in [5.41, 5.74) is -1.87. The number of aliphatic hydroxyl groups is 1. The van der Waals surface area contributed by atoms with E-state index in [1.165, 1.54) is 25.1 Å². The number of amides is 2. The number of imide groups is 1. The minimum atomic E-state index is -1.35. The molecule has 2 rings (SSSR count). The second-order valence-corrected chi connectivity index (χ2v) is 10.5. The van der Waals surface area contributed by atoms with E-state index < -0.39 is 59.5 Å². The molecule has 4 atom stereocenters. The molecule has 1 saturated heterocycles. The molecular weight excluding hydrogens is 461 g/mol. The minimum Gasteiger partial charge on any atom is -0.484 e. The molecule has 1 fully saturated rings. The third-order valence-corrected chi connectivity index (χ3v) is 4.95. The molecule has 0 aliphatic carbocycles. The maximum Gasteiger partial charge on any atom is 0.420 e. The lowest BCUT2D eigenvalue weighted by atomic mass is 10.0. The molecule has 0 spiro atoms. The summed E-state index contributed by atoms with van der Waals surface area (Å²) in [5.74, 6) is -1.23. The van der Waals surface area contributed by atoms with E-state index >= 15 is 0 Å². The molecule has 196 valence electrons. The van der Waals surface area contributed by atoms with Crippen molar-refractivity contribution in [2.45, 2.75) is 103 Å². The molecule has 10 heteroatoms. The van der Waals surface area contributed by atoms with E-state index in [-0.39, 0.29) is 25.0 Å². The summed E-state index contributed by atoms with van der Waals surface area (Å²) in [4.78, 5) is 39.8. The number of esters is 1. The van der Waals surface area contributed by atoms with Crippen LogP contribution in [0.2, 0.25) is 0 Å². The van der Waals surface area contributed by atoms with Crippen LogP contribution in [0.25, 0.3) is 0 Å². The van der Waals surface area contributed by atoms with E-state index in [4.69, 9.17) is 18.9 Å². The zero-order valence-corrected chi connectivity index (χ0v) is 21.4. The SMILES string of the molecule is C[C@@H]1OC(=O)[C@@H](N(C(=O)OC(C)(C)C)C(=O)OC(C)(C)C)CCC[C@H](O)[C@H]1Oc1cccc(F)c1. The molecule has 0 saturated carbocycles. The number of nitrogens with zero attached hydrogens (tertiary/aromatic N) is 1. The average molecular weight is 498 g/mol. The second kappa shape index (κ2) is 11.2. The Labute approximate surface area is 205 Å². The van der Waals surface area contributed by atoms with Crippen molar-refractivity contribution >= 4 is 18.2 Å². The predicted octanol–water partition coefficient (Wildman–Crippen LogP) is 4.59. The van der Waals surface area contributed by atoms with Crippen LogP contribution in [0.3, 0.4) is 0 Å². The fourth-order valence-electron chi connectivity index (χ4n) is 3.50. The van der Waals surface area contributed by atoms with Crippen molar-refractivity contribution in [2.24, 2.45) is 0 Å². The Kier molecular flexibility index (Phi) is 9.11. The zero-order chi connectivity index (χ0) is 26.6. The molecule has 9 nitrogen and oxygen atoms in total. The molecule has 2 amide bonds. The van der Waals surface area contributed by atoms with E-state index in [1.807, 2.05) is 0 Å². The predicted molar refractivity (Wildman–Crippen MR) is 124 cm³/mol. The molecule has 35 heavy (non-hydrogen) atoms. The number of cyclic esters (lactones) is 1. The largest absolute Gasteiger partial charge is 0.484 e. The molecule has 0 aromatic heterocycles. The monoisotopic (exact) mass is 497 g/mol. The summed E-state index contributed by atoms with van der Waals surface area (Å²) >= 11 is 0. The van der Waals surface area contributed by atoms with E-state index in [1.54, 1.807) is 41.5 Å². The Hall–Kier alpha value is -2.88. The maximum atomic E-state index is 13.6. The third kappa shape index (κ3) is 8.69. The number of halogens is 1. The summed E-state index contributed by atoms with van der Waals surface area (Å²) in [6.07, 6.45) is -4.71. The highest BCUT2D eigenvalue weighted by Gasteiger charge is 2.43. The Morgan fingerprint density at radius 3 is 2.14 bits per heavy atom. The van der Waals surface area contributed by atoms with Gasteiger partial charge in [0.05, 0.1) is 6.10 Å². The number of benzene rings is 1. The van der Waals surface area contributed by atoms with Crippen LogP contribution >= 0.6 is 0 Å². The van der Waals surface area contributed by atoms with Crippen molar-refractivity contribution in [3.8, 4) is 5.75 Å². The van der Waals surface area contributed by atoms with Gasteiger partial charge in [-0.3, -0.25) is 0 Å². The summed E-state index contributed by atoms with van der Waals surface area (Å²) in [6.45, 7) is 11.3. The van der Waals surface area contributed by atoms with E-state index in [0.29, 0.717) is 4.90 Å². The van der Waals surface area contributed by atoms with Crippen LogP contribution in [0, 0.1) is 5.82 Å². The molecule has 0 unspecified atom stereocenters. The molecule has 1 N–H and O–H groups in total. The van der Waals surface area contributed by atoms with Gasteiger partial charge in [0.1, 0.15) is 34.9 Å². The fraction of sp³-hybridized carbons (Fsp3) is 0.640. The molecular formula is C25H36FNO8. The van der Waals surface area contributed by atoms with E-state index in [2.05, 4.69) is 0 Å². The van der Waals surface area contributed by atoms with Crippen LogP contribution in [0.1, 0.15) is 67.7 Å². The van der Waals surface area contributed by atoms with Gasteiger partial charge >= 0.3 is 18.2 Å². The Morgan fingerprint density at radius 2 is 1.63 bits per heavy atom. The van der Waals surface area contributed by atoms with Crippen molar-refractivity contribution in [1.29, 1.82) is 0 Å². The van der Waals surface area contributed by atoms with Gasteiger partial charge in [0.25, 0.3) is 0 Å². The number of hydrogen-bond donors (Lipinski definition) is 1. The first-order chi connectivity index (χ1) is 16.1. The number of aliphatic hydroxyl groups excluding tert-OH is 1. The Morgan fingerprint density at radius 1 is 1.06 bits per heavy atom. The first-order valence-corrected chi connectivity index (χ1v) is 11.6. The smallest absolute Gasteiger partial charge is 0.420 e. The Bertz CT molecular complexity index is 879. The van der Waals surface area contributed by atoms with Crippen molar-refractivity contribution in [2.75, 3.05) is 0 Å². The molecule has 1 aromatic carbocycles. The molecule has 0 bridgehead atoms. The van der Waals surface area contributed by atoms with Crippen LogP contribution in [0.15, 0.2) is 24.3 Å². The summed E-state index contributed by atoms with van der Waals surface area (Å²) in [5, 5.41) is 10.7. The topological polar surface area (TPSA) is 112 Å². The highest BCUT2D eigenvalue weighted by Crippen LogP contribution is 2.26. The van der Waals surface area contributed by atoms with E-state index in [9.17, 15) is 23.9 Å². The van der Waals surface area contributed by atoms with Crippen LogP contribution in [-0.2, 0) is 19.0 Å².